The molecule has 0 bridgehead atoms. The molecule has 36 heavy (non-hydrogen) atoms. The maximum Gasteiger partial charge on any atom is 0.303 e. The van der Waals surface area contributed by atoms with Crippen molar-refractivity contribution in [3.05, 3.63) is 83.4 Å². The lowest BCUT2D eigenvalue weighted by atomic mass is 9.95. The van der Waals surface area contributed by atoms with Crippen molar-refractivity contribution in [3.8, 4) is 0 Å². The molecule has 6 heteroatoms. The maximum absolute atomic E-state index is 13.1. The molecule has 6 nitrogen and oxygen atoms in total. The Morgan fingerprint density at radius 2 is 1.69 bits per heavy atom. The summed E-state index contributed by atoms with van der Waals surface area (Å²) in [5.41, 5.74) is 3.66. The number of benzene rings is 2. The van der Waals surface area contributed by atoms with Crippen molar-refractivity contribution < 1.29 is 24.2 Å². The number of Topliss-reactive ketones (excluding diaryl/α,β-unsaturated/α-hetero) is 1. The van der Waals surface area contributed by atoms with E-state index < -0.39 is 5.97 Å². The van der Waals surface area contributed by atoms with Gasteiger partial charge < -0.3 is 14.6 Å². The summed E-state index contributed by atoms with van der Waals surface area (Å²) < 4.78 is 11.9. The molecule has 0 amide bonds. The molecular weight excluding hydrogens is 454 g/mol. The molecule has 0 radical (unpaired) electrons. The average Bonchev–Trinajstić information content (AvgIpc) is 3.21. The number of ketones is 1. The Morgan fingerprint density at radius 1 is 1.00 bits per heavy atom. The topological polar surface area (TPSA) is 76.1 Å². The van der Waals surface area contributed by atoms with E-state index in [9.17, 15) is 9.59 Å². The fourth-order valence-corrected chi connectivity index (χ4v) is 5.24. The van der Waals surface area contributed by atoms with Gasteiger partial charge in [0.2, 0.25) is 0 Å². The van der Waals surface area contributed by atoms with Crippen molar-refractivity contribution in [1.29, 1.82) is 0 Å². The molecule has 1 saturated carbocycles. The van der Waals surface area contributed by atoms with Crippen LogP contribution in [0.1, 0.15) is 48.8 Å². The Labute approximate surface area is 213 Å². The Bertz CT molecular complexity index is 998. The molecule has 2 aromatic rings. The first-order valence-electron chi connectivity index (χ1n) is 13.0. The molecule has 0 spiro atoms. The number of allylic oxidation sites excluding steroid dienone is 2. The fourth-order valence-electron chi connectivity index (χ4n) is 5.24. The second-order valence-corrected chi connectivity index (χ2v) is 9.75. The molecule has 0 aromatic heterocycles. The molecule has 1 aliphatic carbocycles. The van der Waals surface area contributed by atoms with E-state index >= 15 is 0 Å². The highest BCUT2D eigenvalue weighted by Gasteiger charge is 2.45. The van der Waals surface area contributed by atoms with Crippen molar-refractivity contribution >= 4 is 11.8 Å². The second-order valence-electron chi connectivity index (χ2n) is 9.75. The van der Waals surface area contributed by atoms with Crippen LogP contribution in [0.5, 0.6) is 0 Å². The van der Waals surface area contributed by atoms with Crippen molar-refractivity contribution in [2.75, 3.05) is 26.3 Å². The van der Waals surface area contributed by atoms with Crippen molar-refractivity contribution in [3.63, 3.8) is 0 Å². The minimum Gasteiger partial charge on any atom is -0.481 e. The van der Waals surface area contributed by atoms with Crippen molar-refractivity contribution in [1.82, 2.24) is 4.90 Å². The number of nitrogens with zero attached hydrogens (tertiary/aromatic N) is 1. The molecular formula is C30H37NO5. The van der Waals surface area contributed by atoms with Crippen molar-refractivity contribution in [2.45, 2.75) is 57.3 Å². The monoisotopic (exact) mass is 491 g/mol. The highest BCUT2D eigenvalue weighted by Crippen LogP contribution is 2.34. The zero-order valence-electron chi connectivity index (χ0n) is 20.9. The number of unbranched alkanes of at least 4 members (excludes halogenated alkanes) is 1. The van der Waals surface area contributed by atoms with E-state index in [4.69, 9.17) is 14.6 Å². The van der Waals surface area contributed by atoms with Gasteiger partial charge in [0.05, 0.1) is 32.0 Å². The predicted molar refractivity (Wildman–Crippen MR) is 139 cm³/mol. The number of carboxylic acid groups (broad SMARTS) is 1. The summed E-state index contributed by atoms with van der Waals surface area (Å²) in [6.07, 6.45) is 7.65. The minimum absolute atomic E-state index is 0.0867. The third kappa shape index (κ3) is 7.60. The van der Waals surface area contributed by atoms with Crippen LogP contribution < -0.4 is 0 Å². The van der Waals surface area contributed by atoms with Gasteiger partial charge in [-0.2, -0.15) is 0 Å². The lowest BCUT2D eigenvalue weighted by Gasteiger charge is -2.35. The van der Waals surface area contributed by atoms with E-state index in [-0.39, 0.29) is 30.3 Å². The molecule has 2 aliphatic rings. The normalized spacial score (nSPS) is 22.9. The standard InChI is InChI=1S/C30H37NO5/c32-27-21-28(36-22-25-14-12-24(13-15-25)20-23-8-4-3-5-9-23)26(10-6-1-2-7-11-29(33)34)30(27)31-16-18-35-19-17-31/h1,3-6,8-9,12-15,26,28,30H,2,7,10-11,16-22H2,(H,33,34)/t26-,28-,30+/m1/s1. The van der Waals surface area contributed by atoms with Gasteiger partial charge in [0.1, 0.15) is 0 Å². The number of carbonyl (C=O) groups is 2. The van der Waals surface area contributed by atoms with Gasteiger partial charge in [0, 0.05) is 31.8 Å². The molecule has 1 saturated heterocycles. The third-order valence-electron chi connectivity index (χ3n) is 7.13. The smallest absolute Gasteiger partial charge is 0.303 e. The summed E-state index contributed by atoms with van der Waals surface area (Å²) in [4.78, 5) is 26.1. The highest BCUT2D eigenvalue weighted by atomic mass is 16.5. The number of rotatable bonds is 12. The first-order valence-corrected chi connectivity index (χ1v) is 13.0. The summed E-state index contributed by atoms with van der Waals surface area (Å²) in [5, 5.41) is 8.83. The largest absolute Gasteiger partial charge is 0.481 e. The Morgan fingerprint density at radius 3 is 2.42 bits per heavy atom. The van der Waals surface area contributed by atoms with E-state index in [1.165, 1.54) is 11.1 Å². The van der Waals surface area contributed by atoms with Gasteiger partial charge in [-0.15, -0.1) is 0 Å². The summed E-state index contributed by atoms with van der Waals surface area (Å²) >= 11 is 0. The SMILES string of the molecule is O=C(O)CCCC=CC[C@H]1[C@H](N2CCOCC2)C(=O)C[C@H]1OCc1ccc(Cc2ccccc2)cc1. The molecule has 1 aliphatic heterocycles. The van der Waals surface area contributed by atoms with E-state index in [0.717, 1.165) is 37.9 Å². The lowest BCUT2D eigenvalue weighted by Crippen LogP contribution is -2.49. The highest BCUT2D eigenvalue weighted by molar-refractivity contribution is 5.87. The molecule has 1 heterocycles. The summed E-state index contributed by atoms with van der Waals surface area (Å²) in [7, 11) is 0. The van der Waals surface area contributed by atoms with Crippen LogP contribution in [0.2, 0.25) is 0 Å². The zero-order chi connectivity index (χ0) is 25.2. The number of carbonyl (C=O) groups excluding carboxylic acids is 1. The Hall–Kier alpha value is -2.80. The van der Waals surface area contributed by atoms with Gasteiger partial charge >= 0.3 is 5.97 Å². The second kappa shape index (κ2) is 13.5. The lowest BCUT2D eigenvalue weighted by molar-refractivity contribution is -0.137. The number of hydrogen-bond donors (Lipinski definition) is 1. The van der Waals surface area contributed by atoms with Crippen LogP contribution in [0.25, 0.3) is 0 Å². The predicted octanol–water partition coefficient (Wildman–Crippen LogP) is 4.65. The van der Waals surface area contributed by atoms with Crippen LogP contribution in [0.4, 0.5) is 0 Å². The van der Waals surface area contributed by atoms with Gasteiger partial charge in [-0.1, -0.05) is 66.7 Å². The summed E-state index contributed by atoms with van der Waals surface area (Å²) in [6, 6.07) is 18.8. The Balaban J connectivity index is 1.36. The quantitative estimate of drug-likeness (QED) is 0.344. The number of hydrogen-bond acceptors (Lipinski definition) is 5. The fraction of sp³-hybridized carbons (Fsp3) is 0.467. The van der Waals surface area contributed by atoms with Gasteiger partial charge in [0.25, 0.3) is 0 Å². The first-order chi connectivity index (χ1) is 17.6. The van der Waals surface area contributed by atoms with Crippen LogP contribution in [0.15, 0.2) is 66.7 Å². The van der Waals surface area contributed by atoms with Gasteiger partial charge in [-0.3, -0.25) is 14.5 Å². The third-order valence-corrected chi connectivity index (χ3v) is 7.13. The van der Waals surface area contributed by atoms with Crippen LogP contribution in [0, 0.1) is 5.92 Å². The van der Waals surface area contributed by atoms with E-state index in [1.54, 1.807) is 0 Å². The van der Waals surface area contributed by atoms with Gasteiger partial charge in [-0.05, 0) is 42.4 Å². The maximum atomic E-state index is 13.1. The van der Waals surface area contributed by atoms with Crippen LogP contribution >= 0.6 is 0 Å². The molecule has 3 atom stereocenters. The number of ether oxygens (including phenoxy) is 2. The first kappa shape index (κ1) is 26.3. The number of morpholine rings is 1. The number of aliphatic carboxylic acids is 1. The van der Waals surface area contributed by atoms with Gasteiger partial charge in [-0.25, -0.2) is 0 Å². The molecule has 2 fully saturated rings. The summed E-state index contributed by atoms with van der Waals surface area (Å²) in [6.45, 7) is 3.33. The van der Waals surface area contributed by atoms with Crippen LogP contribution in [-0.2, 0) is 32.1 Å². The van der Waals surface area contributed by atoms with E-state index in [2.05, 4.69) is 59.5 Å². The molecule has 1 N–H and O–H groups in total. The average molecular weight is 492 g/mol. The molecule has 0 unspecified atom stereocenters. The molecule has 4 rings (SSSR count). The van der Waals surface area contributed by atoms with E-state index in [0.29, 0.717) is 32.7 Å². The van der Waals surface area contributed by atoms with Crippen molar-refractivity contribution in [2.24, 2.45) is 5.92 Å². The zero-order valence-corrected chi connectivity index (χ0v) is 20.9. The minimum atomic E-state index is -0.765. The van der Waals surface area contributed by atoms with Gasteiger partial charge in [0.15, 0.2) is 5.78 Å². The van der Waals surface area contributed by atoms with Crippen LogP contribution in [0.3, 0.4) is 0 Å². The molecule has 192 valence electrons. The summed E-state index contributed by atoms with van der Waals surface area (Å²) in [5.74, 6) is -0.424. The van der Waals surface area contributed by atoms with Crippen LogP contribution in [-0.4, -0.2) is 60.2 Å². The Kier molecular flexibility index (Phi) is 9.84. The number of carboxylic acids is 1. The molecule has 2 aromatic carbocycles. The van der Waals surface area contributed by atoms with E-state index in [1.807, 2.05) is 12.1 Å².